The van der Waals surface area contributed by atoms with E-state index in [9.17, 15) is 22.8 Å². The molecule has 10 heteroatoms. The Morgan fingerprint density at radius 1 is 1.03 bits per heavy atom. The van der Waals surface area contributed by atoms with Crippen LogP contribution in [0.4, 0.5) is 4.79 Å². The van der Waals surface area contributed by atoms with Crippen LogP contribution in [0.2, 0.25) is 0 Å². The number of hydrogen-bond acceptors (Lipinski definition) is 6. The first kappa shape index (κ1) is 22.9. The zero-order chi connectivity index (χ0) is 23.9. The molecule has 1 aliphatic carbocycles. The minimum atomic E-state index is -3.52. The highest BCUT2D eigenvalue weighted by molar-refractivity contribution is 7.93. The van der Waals surface area contributed by atoms with Crippen molar-refractivity contribution in [2.24, 2.45) is 11.8 Å². The first-order valence-corrected chi connectivity index (χ1v) is 13.8. The second kappa shape index (κ2) is 7.33. The van der Waals surface area contributed by atoms with Crippen LogP contribution in [0.5, 0.6) is 0 Å². The van der Waals surface area contributed by atoms with E-state index in [1.165, 1.54) is 4.90 Å². The van der Waals surface area contributed by atoms with Crippen LogP contribution in [0.25, 0.3) is 0 Å². The lowest BCUT2D eigenvalue weighted by Gasteiger charge is -2.49. The highest BCUT2D eigenvalue weighted by Gasteiger charge is 2.67. The van der Waals surface area contributed by atoms with Crippen molar-refractivity contribution in [3.05, 3.63) is 0 Å². The van der Waals surface area contributed by atoms with Gasteiger partial charge in [0.2, 0.25) is 11.8 Å². The number of likely N-dealkylation sites (tertiary alicyclic amines) is 1. The van der Waals surface area contributed by atoms with E-state index in [4.69, 9.17) is 4.74 Å². The number of carbonyl (C=O) groups is 3. The van der Waals surface area contributed by atoms with E-state index in [0.717, 1.165) is 25.7 Å². The maximum atomic E-state index is 13.8. The van der Waals surface area contributed by atoms with Gasteiger partial charge in [-0.25, -0.2) is 13.2 Å². The molecule has 4 atom stereocenters. The molecule has 4 heterocycles. The summed E-state index contributed by atoms with van der Waals surface area (Å²) in [5, 5.41) is 0. The average molecular weight is 482 g/mol. The summed E-state index contributed by atoms with van der Waals surface area (Å²) in [6, 6.07) is 0.197. The first-order valence-electron chi connectivity index (χ1n) is 12.1. The predicted octanol–water partition coefficient (Wildman–Crippen LogP) is 1.41. The molecule has 0 aromatic rings. The molecule has 0 unspecified atom stereocenters. The highest BCUT2D eigenvalue weighted by atomic mass is 32.2. The van der Waals surface area contributed by atoms with Crippen LogP contribution in [0.1, 0.15) is 59.3 Å². The van der Waals surface area contributed by atoms with Crippen molar-refractivity contribution >= 4 is 27.7 Å². The van der Waals surface area contributed by atoms with Gasteiger partial charge in [0.25, 0.3) is 0 Å². The van der Waals surface area contributed by atoms with Gasteiger partial charge in [-0.15, -0.1) is 0 Å². The summed E-state index contributed by atoms with van der Waals surface area (Å²) in [4.78, 5) is 44.4. The van der Waals surface area contributed by atoms with Gasteiger partial charge in [0.05, 0.1) is 17.6 Å². The van der Waals surface area contributed by atoms with Gasteiger partial charge in [0.15, 0.2) is 9.84 Å². The van der Waals surface area contributed by atoms with Gasteiger partial charge in [-0.05, 0) is 59.3 Å². The molecule has 9 nitrogen and oxygen atoms in total. The molecule has 5 aliphatic rings. The third-order valence-corrected chi connectivity index (χ3v) is 10.9. The molecule has 0 N–H and O–H groups in total. The number of amides is 3. The molecule has 33 heavy (non-hydrogen) atoms. The van der Waals surface area contributed by atoms with Gasteiger partial charge in [-0.3, -0.25) is 9.59 Å². The minimum absolute atomic E-state index is 0.00337. The molecule has 184 valence electrons. The van der Waals surface area contributed by atoms with E-state index in [1.54, 1.807) is 20.8 Å². The van der Waals surface area contributed by atoms with Crippen molar-refractivity contribution in [1.82, 2.24) is 14.7 Å². The van der Waals surface area contributed by atoms with Crippen LogP contribution in [0.15, 0.2) is 0 Å². The molecule has 1 spiro atoms. The van der Waals surface area contributed by atoms with Gasteiger partial charge >= 0.3 is 6.09 Å². The molecule has 3 amide bonds. The van der Waals surface area contributed by atoms with Gasteiger partial charge in [-0.2, -0.15) is 0 Å². The van der Waals surface area contributed by atoms with Crippen molar-refractivity contribution in [2.45, 2.75) is 87.8 Å². The Morgan fingerprint density at radius 3 is 2.30 bits per heavy atom. The molecule has 5 rings (SSSR count). The number of hydrogen-bond donors (Lipinski definition) is 0. The molecule has 4 aliphatic heterocycles. The second-order valence-electron chi connectivity index (χ2n) is 11.6. The van der Waals surface area contributed by atoms with E-state index in [2.05, 4.69) is 0 Å². The van der Waals surface area contributed by atoms with E-state index < -0.39 is 32.2 Å². The first-order chi connectivity index (χ1) is 15.3. The molecule has 2 bridgehead atoms. The summed E-state index contributed by atoms with van der Waals surface area (Å²) in [5.41, 5.74) is -0.673. The van der Waals surface area contributed by atoms with Crippen LogP contribution in [-0.4, -0.2) is 95.4 Å². The molecular weight excluding hydrogens is 446 g/mol. The summed E-state index contributed by atoms with van der Waals surface area (Å²) < 4.78 is 30.3. The zero-order valence-electron chi connectivity index (χ0n) is 20.0. The quantitative estimate of drug-likeness (QED) is 0.604. The van der Waals surface area contributed by atoms with Crippen LogP contribution in [0.3, 0.4) is 0 Å². The lowest BCUT2D eigenvalue weighted by Crippen LogP contribution is -2.70. The fourth-order valence-corrected chi connectivity index (χ4v) is 8.77. The van der Waals surface area contributed by atoms with Crippen LogP contribution in [-0.2, 0) is 24.2 Å². The Bertz CT molecular complexity index is 979. The van der Waals surface area contributed by atoms with Gasteiger partial charge < -0.3 is 19.4 Å². The number of sulfone groups is 1. The number of carbonyl (C=O) groups excluding carboxylic acids is 3. The molecule has 5 fully saturated rings. The maximum absolute atomic E-state index is 13.8. The molecule has 0 aromatic heterocycles. The standard InChI is InChI=1S/C23H35N3O6S/c1-22(2,3)32-21(29)25-12-23(13-25)17(9-10-33(23,30)31)20(28)26-15-7-8-18(26)16(11-15)19(27)24(4)14-5-6-14/h14-18H,5-13H2,1-4H3/t15-,16-,17+,18+/m0/s1. The Kier molecular flexibility index (Phi) is 5.09. The summed E-state index contributed by atoms with van der Waals surface area (Å²) in [6.45, 7) is 5.29. The van der Waals surface area contributed by atoms with E-state index in [-0.39, 0.29) is 55.1 Å². The lowest BCUT2D eigenvalue weighted by atomic mass is 9.82. The van der Waals surface area contributed by atoms with E-state index in [0.29, 0.717) is 12.5 Å². The predicted molar refractivity (Wildman–Crippen MR) is 120 cm³/mol. The van der Waals surface area contributed by atoms with Crippen LogP contribution in [0, 0.1) is 11.8 Å². The Morgan fingerprint density at radius 2 is 1.70 bits per heavy atom. The van der Waals surface area contributed by atoms with Gasteiger partial charge in [-0.1, -0.05) is 0 Å². The minimum Gasteiger partial charge on any atom is -0.444 e. The number of fused-ring (bicyclic) bond motifs is 2. The summed E-state index contributed by atoms with van der Waals surface area (Å²) in [7, 11) is -1.66. The number of ether oxygens (including phenoxy) is 1. The smallest absolute Gasteiger partial charge is 0.410 e. The van der Waals surface area contributed by atoms with Gasteiger partial charge in [0.1, 0.15) is 10.3 Å². The van der Waals surface area contributed by atoms with Crippen molar-refractivity contribution < 1.29 is 27.5 Å². The maximum Gasteiger partial charge on any atom is 0.410 e. The monoisotopic (exact) mass is 481 g/mol. The van der Waals surface area contributed by atoms with E-state index >= 15 is 0 Å². The van der Waals surface area contributed by atoms with Gasteiger partial charge in [0, 0.05) is 38.3 Å². The molecular formula is C23H35N3O6S. The van der Waals surface area contributed by atoms with Crippen molar-refractivity contribution in [3.8, 4) is 0 Å². The third kappa shape index (κ3) is 3.54. The Labute approximate surface area is 195 Å². The van der Waals surface area contributed by atoms with Crippen molar-refractivity contribution in [2.75, 3.05) is 25.9 Å². The van der Waals surface area contributed by atoms with Crippen LogP contribution >= 0.6 is 0 Å². The number of rotatable bonds is 3. The fraction of sp³-hybridized carbons (Fsp3) is 0.870. The molecule has 1 saturated carbocycles. The second-order valence-corrected chi connectivity index (χ2v) is 14.1. The summed E-state index contributed by atoms with van der Waals surface area (Å²) >= 11 is 0. The average Bonchev–Trinajstić information content (AvgIpc) is 3.28. The Hall–Kier alpha value is -1.84. The fourth-order valence-electron chi connectivity index (χ4n) is 6.46. The highest BCUT2D eigenvalue weighted by Crippen LogP contribution is 2.50. The number of nitrogens with zero attached hydrogens (tertiary/aromatic N) is 3. The lowest BCUT2D eigenvalue weighted by molar-refractivity contribution is -0.141. The SMILES string of the molecule is CN(C(=O)[C@H]1C[C@@H]2CC[C@H]1N2C(=O)[C@H]1CCS(=O)(=O)C12CN(C(=O)OC(C)(C)C)C2)C1CC1. The topological polar surface area (TPSA) is 104 Å². The van der Waals surface area contributed by atoms with Crippen molar-refractivity contribution in [1.29, 1.82) is 0 Å². The molecule has 4 saturated heterocycles. The Balaban J connectivity index is 1.32. The molecule has 0 aromatic carbocycles. The summed E-state index contributed by atoms with van der Waals surface area (Å²) in [6.07, 6.45) is 4.15. The van der Waals surface area contributed by atoms with E-state index in [1.807, 2.05) is 16.8 Å². The van der Waals surface area contributed by atoms with Crippen molar-refractivity contribution in [3.63, 3.8) is 0 Å². The largest absolute Gasteiger partial charge is 0.444 e. The normalized spacial score (nSPS) is 33.8. The zero-order valence-corrected chi connectivity index (χ0v) is 20.8. The molecule has 0 radical (unpaired) electrons. The third-order valence-electron chi connectivity index (χ3n) is 8.35. The van der Waals surface area contributed by atoms with Crippen LogP contribution < -0.4 is 0 Å². The summed E-state index contributed by atoms with van der Waals surface area (Å²) in [5.74, 6) is -0.916.